The molecule has 4 rings (SSSR count). The average Bonchev–Trinajstić information content (AvgIpc) is 2.99. The van der Waals surface area contributed by atoms with Crippen molar-refractivity contribution < 1.29 is 30.2 Å². The van der Waals surface area contributed by atoms with Crippen molar-refractivity contribution in [1.29, 1.82) is 0 Å². The van der Waals surface area contributed by atoms with Crippen molar-refractivity contribution in [2.45, 2.75) is 141 Å². The van der Waals surface area contributed by atoms with Crippen LogP contribution in [0, 0.1) is 34.5 Å². The SMILES string of the molecule is C=C1[C@@H](CC[C@H]2[C@]3(C)CC[C@H](O)C(C)(C)O[C@H]3CC[C@@]2(C)O)C(C)(C)[C@H]2CC[C@](C)(O)[C@H]2C[C@H]1OO. The Morgan fingerprint density at radius 3 is 2.17 bits per heavy atom. The molecule has 0 aromatic rings. The fraction of sp³-hybridized carbons (Fsp3) is 0.933. The Bertz CT molecular complexity index is 831. The molecule has 10 atom stereocenters. The van der Waals surface area contributed by atoms with E-state index < -0.39 is 29.0 Å². The third kappa shape index (κ3) is 4.62. The van der Waals surface area contributed by atoms with Gasteiger partial charge in [0, 0.05) is 0 Å². The summed E-state index contributed by atoms with van der Waals surface area (Å²) in [6.45, 7) is 19.1. The van der Waals surface area contributed by atoms with Crippen LogP contribution in [0.25, 0.3) is 0 Å². The van der Waals surface area contributed by atoms with Crippen LogP contribution in [0.15, 0.2) is 12.2 Å². The third-order valence-electron chi connectivity index (χ3n) is 11.7. The molecule has 208 valence electrons. The van der Waals surface area contributed by atoms with Gasteiger partial charge in [0.1, 0.15) is 6.10 Å². The van der Waals surface area contributed by atoms with Crippen molar-refractivity contribution in [3.8, 4) is 0 Å². The molecule has 36 heavy (non-hydrogen) atoms. The highest BCUT2D eigenvalue weighted by atomic mass is 17.1. The lowest BCUT2D eigenvalue weighted by Crippen LogP contribution is -2.56. The van der Waals surface area contributed by atoms with Gasteiger partial charge in [0.15, 0.2) is 0 Å². The van der Waals surface area contributed by atoms with Crippen molar-refractivity contribution >= 4 is 0 Å². The van der Waals surface area contributed by atoms with E-state index >= 15 is 0 Å². The highest BCUT2D eigenvalue weighted by Crippen LogP contribution is 2.60. The highest BCUT2D eigenvalue weighted by molar-refractivity contribution is 5.19. The van der Waals surface area contributed by atoms with Crippen LogP contribution in [-0.2, 0) is 9.62 Å². The van der Waals surface area contributed by atoms with Gasteiger partial charge >= 0.3 is 0 Å². The summed E-state index contributed by atoms with van der Waals surface area (Å²) in [6, 6.07) is 0. The van der Waals surface area contributed by atoms with Gasteiger partial charge in [-0.05, 0) is 126 Å². The van der Waals surface area contributed by atoms with Crippen molar-refractivity contribution in [2.24, 2.45) is 34.5 Å². The Balaban J connectivity index is 1.63. The summed E-state index contributed by atoms with van der Waals surface area (Å²) in [6.07, 6.45) is 5.82. The molecule has 1 aliphatic heterocycles. The van der Waals surface area contributed by atoms with E-state index in [1.165, 1.54) is 0 Å². The monoisotopic (exact) mass is 508 g/mol. The summed E-state index contributed by atoms with van der Waals surface area (Å²) >= 11 is 0. The van der Waals surface area contributed by atoms with Gasteiger partial charge in [-0.25, -0.2) is 4.89 Å². The number of hydrogen-bond donors (Lipinski definition) is 4. The van der Waals surface area contributed by atoms with Crippen LogP contribution >= 0.6 is 0 Å². The Labute approximate surface area is 218 Å². The zero-order valence-corrected chi connectivity index (χ0v) is 23.7. The standard InChI is InChI=1S/C30H52O6/c1-18-19(26(2,3)20-11-15-29(7,32)21(20)17-22(18)36-34)9-10-23-28(6)14-12-24(31)27(4,5)35-25(28)13-16-30(23,8)33/h19-25,31-34H,1,9-17H2,2-8H3/t19-,20+,21+,22-,23+,24+,25+,28+,29+,30-/m1/s1. The van der Waals surface area contributed by atoms with E-state index in [0.717, 1.165) is 44.1 Å². The summed E-state index contributed by atoms with van der Waals surface area (Å²) < 4.78 is 6.57. The molecule has 3 aliphatic carbocycles. The van der Waals surface area contributed by atoms with Crippen molar-refractivity contribution in [2.75, 3.05) is 0 Å². The Kier molecular flexibility index (Phi) is 7.37. The largest absolute Gasteiger partial charge is 0.390 e. The van der Waals surface area contributed by atoms with Gasteiger partial charge in [0.05, 0.1) is 29.0 Å². The zero-order chi connectivity index (χ0) is 26.9. The number of hydrogen-bond acceptors (Lipinski definition) is 6. The van der Waals surface area contributed by atoms with Crippen LogP contribution in [0.4, 0.5) is 0 Å². The number of ether oxygens (including phenoxy) is 1. The zero-order valence-electron chi connectivity index (χ0n) is 23.7. The predicted octanol–water partition coefficient (Wildman–Crippen LogP) is 5.49. The Morgan fingerprint density at radius 1 is 0.889 bits per heavy atom. The molecule has 0 bridgehead atoms. The Morgan fingerprint density at radius 2 is 1.53 bits per heavy atom. The maximum Gasteiger partial charge on any atom is 0.114 e. The molecule has 0 aromatic carbocycles. The maximum absolute atomic E-state index is 11.7. The number of aliphatic hydroxyl groups excluding tert-OH is 1. The molecule has 1 heterocycles. The smallest absolute Gasteiger partial charge is 0.114 e. The fourth-order valence-corrected chi connectivity index (χ4v) is 9.19. The summed E-state index contributed by atoms with van der Waals surface area (Å²) in [7, 11) is 0. The number of aliphatic hydroxyl groups is 3. The lowest BCUT2D eigenvalue weighted by atomic mass is 9.55. The first kappa shape index (κ1) is 28.5. The maximum atomic E-state index is 11.7. The molecule has 0 radical (unpaired) electrons. The molecule has 6 nitrogen and oxygen atoms in total. The van der Waals surface area contributed by atoms with Crippen molar-refractivity contribution in [3.63, 3.8) is 0 Å². The van der Waals surface area contributed by atoms with Crippen LogP contribution in [0.2, 0.25) is 0 Å². The van der Waals surface area contributed by atoms with E-state index in [1.54, 1.807) is 0 Å². The van der Waals surface area contributed by atoms with E-state index in [-0.39, 0.29) is 34.7 Å². The molecular formula is C30H52O6. The lowest BCUT2D eigenvalue weighted by Gasteiger charge is -2.54. The Hall–Kier alpha value is -0.500. The fourth-order valence-electron chi connectivity index (χ4n) is 9.19. The summed E-state index contributed by atoms with van der Waals surface area (Å²) in [5.74, 6) is 0.451. The van der Waals surface area contributed by atoms with Gasteiger partial charge in [-0.15, -0.1) is 0 Å². The predicted molar refractivity (Wildman–Crippen MR) is 140 cm³/mol. The van der Waals surface area contributed by atoms with Crippen LogP contribution in [0.1, 0.15) is 106 Å². The van der Waals surface area contributed by atoms with E-state index in [9.17, 15) is 20.6 Å². The molecule has 6 heteroatoms. The molecule has 0 spiro atoms. The van der Waals surface area contributed by atoms with Gasteiger partial charge in [-0.3, -0.25) is 5.26 Å². The summed E-state index contributed by atoms with van der Waals surface area (Å²) in [4.78, 5) is 4.99. The van der Waals surface area contributed by atoms with Gasteiger partial charge in [-0.2, -0.15) is 0 Å². The first-order valence-electron chi connectivity index (χ1n) is 14.3. The molecule has 4 N–H and O–H groups in total. The van der Waals surface area contributed by atoms with Gasteiger partial charge in [0.25, 0.3) is 0 Å². The average molecular weight is 509 g/mol. The summed E-state index contributed by atoms with van der Waals surface area (Å²) in [5.41, 5.74) is -1.68. The quantitative estimate of drug-likeness (QED) is 0.228. The second-order valence-electron chi connectivity index (χ2n) is 14.7. The molecule has 4 aliphatic rings. The third-order valence-corrected chi connectivity index (χ3v) is 11.7. The van der Waals surface area contributed by atoms with Crippen molar-refractivity contribution in [3.05, 3.63) is 12.2 Å². The second-order valence-corrected chi connectivity index (χ2v) is 14.7. The first-order valence-corrected chi connectivity index (χ1v) is 14.3. The van der Waals surface area contributed by atoms with E-state index in [4.69, 9.17) is 9.62 Å². The van der Waals surface area contributed by atoms with E-state index in [0.29, 0.717) is 25.2 Å². The highest BCUT2D eigenvalue weighted by Gasteiger charge is 2.59. The van der Waals surface area contributed by atoms with Crippen LogP contribution in [0.5, 0.6) is 0 Å². The molecule has 1 saturated heterocycles. The van der Waals surface area contributed by atoms with E-state index in [2.05, 4.69) is 27.4 Å². The molecular weight excluding hydrogens is 456 g/mol. The van der Waals surface area contributed by atoms with Gasteiger partial charge in [0.2, 0.25) is 0 Å². The number of rotatable bonds is 4. The van der Waals surface area contributed by atoms with Crippen LogP contribution in [-0.4, -0.2) is 55.7 Å². The summed E-state index contributed by atoms with van der Waals surface area (Å²) in [5, 5.41) is 43.5. The first-order chi connectivity index (χ1) is 16.5. The topological polar surface area (TPSA) is 99.4 Å². The molecule has 4 fully saturated rings. The minimum atomic E-state index is -0.823. The normalized spacial score (nSPS) is 50.6. The van der Waals surface area contributed by atoms with Crippen LogP contribution in [0.3, 0.4) is 0 Å². The van der Waals surface area contributed by atoms with Crippen LogP contribution < -0.4 is 0 Å². The van der Waals surface area contributed by atoms with Gasteiger partial charge in [-0.1, -0.05) is 27.4 Å². The minimum Gasteiger partial charge on any atom is -0.390 e. The molecule has 0 unspecified atom stereocenters. The van der Waals surface area contributed by atoms with E-state index in [1.807, 2.05) is 27.7 Å². The minimum absolute atomic E-state index is 0.00711. The van der Waals surface area contributed by atoms with Crippen molar-refractivity contribution in [1.82, 2.24) is 0 Å². The number of fused-ring (bicyclic) bond motifs is 2. The molecule has 3 saturated carbocycles. The van der Waals surface area contributed by atoms with Gasteiger partial charge < -0.3 is 20.1 Å². The molecule has 0 aromatic heterocycles. The molecule has 0 amide bonds. The lowest BCUT2D eigenvalue weighted by molar-refractivity contribution is -0.274. The second kappa shape index (κ2) is 9.31.